The summed E-state index contributed by atoms with van der Waals surface area (Å²) in [5.74, 6) is 0.808. The maximum Gasteiger partial charge on any atom is 0.0156 e. The molecule has 3 atom stereocenters. The van der Waals surface area contributed by atoms with Crippen molar-refractivity contribution in [2.45, 2.75) is 71.9 Å². The van der Waals surface area contributed by atoms with Crippen molar-refractivity contribution in [1.29, 1.82) is 0 Å². The highest BCUT2D eigenvalue weighted by atomic mass is 15.1. The van der Waals surface area contributed by atoms with Gasteiger partial charge in [-0.2, -0.15) is 0 Å². The smallest absolute Gasteiger partial charge is 0.0156 e. The molecule has 1 N–H and O–H groups in total. The van der Waals surface area contributed by atoms with E-state index < -0.39 is 0 Å². The monoisotopic (exact) mass is 254 g/mol. The van der Waals surface area contributed by atoms with Crippen molar-refractivity contribution < 1.29 is 0 Å². The minimum absolute atomic E-state index is 0.451. The van der Waals surface area contributed by atoms with Gasteiger partial charge in [0.25, 0.3) is 0 Å². The second kappa shape index (κ2) is 6.91. The highest BCUT2D eigenvalue weighted by molar-refractivity contribution is 4.93. The molecular formula is C16H34N2. The Morgan fingerprint density at radius 2 is 2.06 bits per heavy atom. The van der Waals surface area contributed by atoms with E-state index in [1.54, 1.807) is 0 Å². The Labute approximate surface area is 115 Å². The van der Waals surface area contributed by atoms with Crippen LogP contribution in [0.15, 0.2) is 0 Å². The Balaban J connectivity index is 2.58. The second-order valence-electron chi connectivity index (χ2n) is 6.98. The van der Waals surface area contributed by atoms with Crippen molar-refractivity contribution in [1.82, 2.24) is 10.2 Å². The summed E-state index contributed by atoms with van der Waals surface area (Å²) < 4.78 is 0. The van der Waals surface area contributed by atoms with Gasteiger partial charge in [0.2, 0.25) is 0 Å². The second-order valence-corrected chi connectivity index (χ2v) is 6.98. The van der Waals surface area contributed by atoms with E-state index in [-0.39, 0.29) is 0 Å². The van der Waals surface area contributed by atoms with Gasteiger partial charge in [-0.3, -0.25) is 0 Å². The van der Waals surface area contributed by atoms with Crippen LogP contribution in [-0.2, 0) is 0 Å². The molecule has 1 rings (SSSR count). The lowest BCUT2D eigenvalue weighted by molar-refractivity contribution is 0.0796. The molecule has 18 heavy (non-hydrogen) atoms. The Kier molecular flexibility index (Phi) is 6.13. The van der Waals surface area contributed by atoms with E-state index >= 15 is 0 Å². The third kappa shape index (κ3) is 3.96. The summed E-state index contributed by atoms with van der Waals surface area (Å²) >= 11 is 0. The molecule has 0 spiro atoms. The first-order chi connectivity index (χ1) is 8.42. The SMILES string of the molecule is CCCC(C)N(C)CC1CCCC(C)(C)C1NC. The quantitative estimate of drug-likeness (QED) is 0.780. The maximum absolute atomic E-state index is 3.59. The Bertz CT molecular complexity index is 237. The average Bonchev–Trinajstić information content (AvgIpc) is 2.28. The molecule has 0 saturated heterocycles. The molecule has 1 saturated carbocycles. The first kappa shape index (κ1) is 16.0. The summed E-state index contributed by atoms with van der Waals surface area (Å²) in [6.45, 7) is 10.7. The summed E-state index contributed by atoms with van der Waals surface area (Å²) in [5.41, 5.74) is 0.451. The van der Waals surface area contributed by atoms with Crippen LogP contribution >= 0.6 is 0 Å². The van der Waals surface area contributed by atoms with E-state index in [4.69, 9.17) is 0 Å². The third-order valence-electron chi connectivity index (χ3n) is 5.00. The van der Waals surface area contributed by atoms with Gasteiger partial charge in [0, 0.05) is 18.6 Å². The molecule has 3 unspecified atom stereocenters. The predicted molar refractivity (Wildman–Crippen MR) is 81.0 cm³/mol. The lowest BCUT2D eigenvalue weighted by Gasteiger charge is -2.45. The molecule has 0 aromatic rings. The molecule has 0 aliphatic heterocycles. The largest absolute Gasteiger partial charge is 0.316 e. The van der Waals surface area contributed by atoms with Crippen molar-refractivity contribution in [3.8, 4) is 0 Å². The van der Waals surface area contributed by atoms with Crippen LogP contribution in [0.4, 0.5) is 0 Å². The van der Waals surface area contributed by atoms with Crippen molar-refractivity contribution in [2.75, 3.05) is 20.6 Å². The van der Waals surface area contributed by atoms with Gasteiger partial charge in [0.1, 0.15) is 0 Å². The predicted octanol–water partition coefficient (Wildman–Crippen LogP) is 3.52. The normalized spacial score (nSPS) is 29.5. The molecule has 1 aliphatic rings. The fourth-order valence-electron chi connectivity index (χ4n) is 3.79. The molecular weight excluding hydrogens is 220 g/mol. The van der Waals surface area contributed by atoms with E-state index in [1.807, 2.05) is 0 Å². The van der Waals surface area contributed by atoms with Gasteiger partial charge in [-0.25, -0.2) is 0 Å². The molecule has 2 nitrogen and oxygen atoms in total. The van der Waals surface area contributed by atoms with Crippen LogP contribution in [0.1, 0.15) is 59.8 Å². The van der Waals surface area contributed by atoms with E-state index in [0.29, 0.717) is 11.5 Å². The topological polar surface area (TPSA) is 15.3 Å². The Hall–Kier alpha value is -0.0800. The summed E-state index contributed by atoms with van der Waals surface area (Å²) in [5, 5.41) is 3.59. The highest BCUT2D eigenvalue weighted by Gasteiger charge is 2.38. The number of nitrogens with zero attached hydrogens (tertiary/aromatic N) is 1. The van der Waals surface area contributed by atoms with Crippen molar-refractivity contribution in [3.63, 3.8) is 0 Å². The lowest BCUT2D eigenvalue weighted by Crippen LogP contribution is -2.52. The third-order valence-corrected chi connectivity index (χ3v) is 5.00. The number of rotatable bonds is 6. The molecule has 1 aliphatic carbocycles. The molecule has 0 aromatic carbocycles. The molecule has 0 amide bonds. The highest BCUT2D eigenvalue weighted by Crippen LogP contribution is 2.39. The summed E-state index contributed by atoms with van der Waals surface area (Å²) in [6.07, 6.45) is 6.75. The molecule has 0 bridgehead atoms. The zero-order valence-corrected chi connectivity index (χ0v) is 13.4. The van der Waals surface area contributed by atoms with Crippen LogP contribution in [0.3, 0.4) is 0 Å². The summed E-state index contributed by atoms with van der Waals surface area (Å²) in [6, 6.07) is 1.39. The fraction of sp³-hybridized carbons (Fsp3) is 1.00. The molecule has 1 fully saturated rings. The summed E-state index contributed by atoms with van der Waals surface area (Å²) in [4.78, 5) is 2.57. The Morgan fingerprint density at radius 1 is 1.39 bits per heavy atom. The van der Waals surface area contributed by atoms with E-state index in [2.05, 4.69) is 52.0 Å². The van der Waals surface area contributed by atoms with Crippen molar-refractivity contribution >= 4 is 0 Å². The number of hydrogen-bond acceptors (Lipinski definition) is 2. The van der Waals surface area contributed by atoms with Gasteiger partial charge < -0.3 is 10.2 Å². The van der Waals surface area contributed by atoms with Crippen molar-refractivity contribution in [2.24, 2.45) is 11.3 Å². The zero-order chi connectivity index (χ0) is 13.8. The van der Waals surface area contributed by atoms with Crippen LogP contribution in [-0.4, -0.2) is 37.6 Å². The van der Waals surface area contributed by atoms with Gasteiger partial charge >= 0.3 is 0 Å². The first-order valence-electron chi connectivity index (χ1n) is 7.80. The van der Waals surface area contributed by atoms with Crippen LogP contribution in [0, 0.1) is 11.3 Å². The molecule has 108 valence electrons. The molecule has 0 aromatic heterocycles. The average molecular weight is 254 g/mol. The minimum Gasteiger partial charge on any atom is -0.316 e. The van der Waals surface area contributed by atoms with E-state index in [0.717, 1.165) is 12.0 Å². The number of nitrogens with one attached hydrogen (secondary N) is 1. The lowest BCUT2D eigenvalue weighted by atomic mass is 9.68. The standard InChI is InChI=1S/C16H34N2/c1-7-9-13(2)18(6)12-14-10-8-11-16(3,4)15(14)17-5/h13-15,17H,7-12H2,1-6H3. The Morgan fingerprint density at radius 3 is 2.61 bits per heavy atom. The van der Waals surface area contributed by atoms with Crippen LogP contribution in [0.5, 0.6) is 0 Å². The van der Waals surface area contributed by atoms with Crippen LogP contribution in [0.25, 0.3) is 0 Å². The number of hydrogen-bond donors (Lipinski definition) is 1. The van der Waals surface area contributed by atoms with Gasteiger partial charge in [0.05, 0.1) is 0 Å². The molecule has 0 heterocycles. The molecule has 0 radical (unpaired) electrons. The van der Waals surface area contributed by atoms with E-state index in [1.165, 1.54) is 38.6 Å². The van der Waals surface area contributed by atoms with Crippen LogP contribution in [0.2, 0.25) is 0 Å². The van der Waals surface area contributed by atoms with Gasteiger partial charge in [-0.15, -0.1) is 0 Å². The molecule has 2 heteroatoms. The minimum atomic E-state index is 0.451. The van der Waals surface area contributed by atoms with Gasteiger partial charge in [-0.1, -0.05) is 33.6 Å². The fourth-order valence-corrected chi connectivity index (χ4v) is 3.79. The van der Waals surface area contributed by atoms with Crippen LogP contribution < -0.4 is 5.32 Å². The summed E-state index contributed by atoms with van der Waals surface area (Å²) in [7, 11) is 4.44. The van der Waals surface area contributed by atoms with E-state index in [9.17, 15) is 0 Å². The maximum atomic E-state index is 3.59. The van der Waals surface area contributed by atoms with Gasteiger partial charge in [0.15, 0.2) is 0 Å². The first-order valence-corrected chi connectivity index (χ1v) is 7.80. The zero-order valence-electron chi connectivity index (χ0n) is 13.4. The van der Waals surface area contributed by atoms with Crippen molar-refractivity contribution in [3.05, 3.63) is 0 Å². The van der Waals surface area contributed by atoms with Gasteiger partial charge in [-0.05, 0) is 51.6 Å².